The van der Waals surface area contributed by atoms with Gasteiger partial charge in [0.05, 0.1) is 16.9 Å². The highest BCUT2D eigenvalue weighted by atomic mass is 35.5. The third kappa shape index (κ3) is 2.77. The predicted octanol–water partition coefficient (Wildman–Crippen LogP) is 4.37. The molecule has 4 rings (SSSR count). The molecule has 176 valence electrons. The number of carbonyl (C=O) groups is 3. The summed E-state index contributed by atoms with van der Waals surface area (Å²) in [4.78, 5) is 36.9. The summed E-state index contributed by atoms with van der Waals surface area (Å²) < 4.78 is 6.00. The number of aliphatic hydroxyl groups excluding tert-OH is 1. The van der Waals surface area contributed by atoms with Crippen molar-refractivity contribution in [2.75, 3.05) is 5.88 Å². The number of carbonyl (C=O) groups excluding carboxylic acids is 3. The zero-order valence-corrected chi connectivity index (χ0v) is 20.6. The van der Waals surface area contributed by atoms with Crippen molar-refractivity contribution < 1.29 is 24.2 Å². The first-order chi connectivity index (χ1) is 14.9. The van der Waals surface area contributed by atoms with Gasteiger partial charge in [-0.15, -0.1) is 23.2 Å². The van der Waals surface area contributed by atoms with Gasteiger partial charge in [-0.05, 0) is 49.7 Å². The molecule has 32 heavy (non-hydrogen) atoms. The Hall–Kier alpha value is -1.17. The van der Waals surface area contributed by atoms with Gasteiger partial charge in [-0.25, -0.2) is 0 Å². The topological polar surface area (TPSA) is 80.7 Å². The summed E-state index contributed by atoms with van der Waals surface area (Å²) in [5.41, 5.74) is -1.90. The van der Waals surface area contributed by atoms with E-state index in [1.54, 1.807) is 13.0 Å². The number of rotatable bonds is 4. The van der Waals surface area contributed by atoms with E-state index in [1.807, 2.05) is 26.8 Å². The Balaban J connectivity index is 1.85. The molecule has 4 aliphatic rings. The number of ether oxygens (including phenoxy) is 1. The molecular weight excluding hydrogens is 451 g/mol. The van der Waals surface area contributed by atoms with Crippen LogP contribution in [0.4, 0.5) is 0 Å². The van der Waals surface area contributed by atoms with Crippen molar-refractivity contribution in [3.05, 3.63) is 23.8 Å². The van der Waals surface area contributed by atoms with Crippen LogP contribution < -0.4 is 0 Å². The maximum absolute atomic E-state index is 13.4. The van der Waals surface area contributed by atoms with Gasteiger partial charge in [0, 0.05) is 23.2 Å². The van der Waals surface area contributed by atoms with Crippen LogP contribution >= 0.6 is 23.2 Å². The number of ketones is 2. The molecule has 5 nitrogen and oxygen atoms in total. The minimum Gasteiger partial charge on any atom is -0.450 e. The Kier molecular flexibility index (Phi) is 5.75. The lowest BCUT2D eigenvalue weighted by molar-refractivity contribution is -0.200. The van der Waals surface area contributed by atoms with Crippen LogP contribution in [0.25, 0.3) is 0 Å². The van der Waals surface area contributed by atoms with Crippen LogP contribution in [0.1, 0.15) is 59.8 Å². The molecule has 0 aromatic rings. The molecule has 0 radical (unpaired) electrons. The lowest BCUT2D eigenvalue weighted by atomic mass is 9.45. The second-order valence-corrected chi connectivity index (χ2v) is 11.4. The van der Waals surface area contributed by atoms with Crippen molar-refractivity contribution in [3.63, 3.8) is 0 Å². The van der Waals surface area contributed by atoms with Gasteiger partial charge in [-0.3, -0.25) is 14.4 Å². The number of allylic oxidation sites excluding steroid dienone is 4. The van der Waals surface area contributed by atoms with Crippen molar-refractivity contribution in [3.8, 4) is 0 Å². The van der Waals surface area contributed by atoms with Crippen LogP contribution in [0, 0.1) is 28.6 Å². The average Bonchev–Trinajstić information content (AvgIpc) is 2.96. The van der Waals surface area contributed by atoms with Crippen LogP contribution in [0.3, 0.4) is 0 Å². The van der Waals surface area contributed by atoms with E-state index in [-0.39, 0.29) is 48.0 Å². The monoisotopic (exact) mass is 482 g/mol. The molecule has 7 heteroatoms. The zero-order valence-electron chi connectivity index (χ0n) is 19.1. The van der Waals surface area contributed by atoms with Gasteiger partial charge in [0.2, 0.25) is 0 Å². The van der Waals surface area contributed by atoms with Crippen LogP contribution in [0.5, 0.6) is 0 Å². The maximum Gasteiger partial charge on any atom is 0.306 e. The first-order valence-corrected chi connectivity index (χ1v) is 12.5. The first-order valence-electron chi connectivity index (χ1n) is 11.5. The van der Waals surface area contributed by atoms with Crippen molar-refractivity contribution in [2.45, 2.75) is 76.4 Å². The minimum atomic E-state index is -1.39. The maximum atomic E-state index is 13.4. The molecule has 0 heterocycles. The van der Waals surface area contributed by atoms with E-state index in [2.05, 4.69) is 0 Å². The number of hydrogen-bond donors (Lipinski definition) is 1. The summed E-state index contributed by atoms with van der Waals surface area (Å²) in [6.07, 6.45) is 6.50. The minimum absolute atomic E-state index is 0.0420. The van der Waals surface area contributed by atoms with E-state index in [0.717, 1.165) is 5.57 Å². The summed E-state index contributed by atoms with van der Waals surface area (Å²) in [5, 5.41) is 11.6. The van der Waals surface area contributed by atoms with E-state index >= 15 is 0 Å². The lowest BCUT2D eigenvalue weighted by Gasteiger charge is -2.64. The summed E-state index contributed by atoms with van der Waals surface area (Å²) in [5.74, 6) is -1.48. The Morgan fingerprint density at radius 3 is 2.59 bits per heavy atom. The molecule has 8 atom stereocenters. The molecule has 0 aliphatic heterocycles. The molecule has 4 aliphatic carbocycles. The second kappa shape index (κ2) is 7.68. The number of Topliss-reactive ketones (excluding diaryl/α,β-unsaturated/α-hetero) is 1. The van der Waals surface area contributed by atoms with Gasteiger partial charge in [0.25, 0.3) is 0 Å². The molecule has 0 saturated heterocycles. The predicted molar refractivity (Wildman–Crippen MR) is 122 cm³/mol. The van der Waals surface area contributed by atoms with Crippen LogP contribution in [0.2, 0.25) is 0 Å². The van der Waals surface area contributed by atoms with Crippen molar-refractivity contribution in [2.24, 2.45) is 28.6 Å². The second-order valence-electron chi connectivity index (χ2n) is 10.5. The van der Waals surface area contributed by atoms with Crippen LogP contribution in [-0.2, 0) is 19.1 Å². The highest BCUT2D eigenvalue weighted by molar-refractivity contribution is 6.29. The molecule has 3 fully saturated rings. The zero-order chi connectivity index (χ0) is 23.7. The van der Waals surface area contributed by atoms with Crippen molar-refractivity contribution >= 4 is 40.7 Å². The Morgan fingerprint density at radius 1 is 1.28 bits per heavy atom. The standard InChI is InChI=1S/C25H32Cl2O5/c1-5-21(31)32-25(20(30)13-26)14(2)10-18-17-7-6-15-11-16(28)8-9-22(15,3)24(17,27)19(29)12-23(18,25)4/h8-9,11,14,17-19,29H,5-7,10,12-13H2,1-4H3/t14-,17+,18+,19+,22+,23+,24+,25+/m1/s1. The molecule has 0 amide bonds. The first kappa shape index (κ1) is 24.0. The molecule has 0 aromatic carbocycles. The fourth-order valence-corrected chi connectivity index (χ4v) is 8.47. The summed E-state index contributed by atoms with van der Waals surface area (Å²) in [7, 11) is 0. The fraction of sp³-hybridized carbons (Fsp3) is 0.720. The number of alkyl halides is 2. The number of aliphatic hydroxyl groups is 1. The van der Waals surface area contributed by atoms with E-state index in [0.29, 0.717) is 19.3 Å². The third-order valence-corrected chi connectivity index (χ3v) is 10.4. The highest BCUT2D eigenvalue weighted by Gasteiger charge is 2.76. The SMILES string of the molecule is CCC(=O)O[C@]1(C(=O)CCl)[C@H](C)C[C@H]2[C@@H]3CCC4=CC(=O)C=C[C@]4(C)[C@@]3(Cl)[C@@H](O)C[C@@]21C. The summed E-state index contributed by atoms with van der Waals surface area (Å²) in [6.45, 7) is 7.60. The quantitative estimate of drug-likeness (QED) is 0.475. The summed E-state index contributed by atoms with van der Waals surface area (Å²) in [6, 6.07) is 0. The molecule has 0 bridgehead atoms. The molecule has 1 N–H and O–H groups in total. The smallest absolute Gasteiger partial charge is 0.306 e. The van der Waals surface area contributed by atoms with Gasteiger partial charge in [0.1, 0.15) is 0 Å². The number of hydrogen-bond acceptors (Lipinski definition) is 5. The molecular formula is C25H32Cl2O5. The van der Waals surface area contributed by atoms with Crippen molar-refractivity contribution in [1.82, 2.24) is 0 Å². The third-order valence-electron chi connectivity index (χ3n) is 9.28. The molecule has 0 spiro atoms. The van der Waals surface area contributed by atoms with Gasteiger partial charge >= 0.3 is 5.97 Å². The number of halogens is 2. The van der Waals surface area contributed by atoms with Gasteiger partial charge in [-0.1, -0.05) is 39.3 Å². The number of esters is 1. The van der Waals surface area contributed by atoms with Gasteiger partial charge < -0.3 is 9.84 Å². The van der Waals surface area contributed by atoms with Crippen LogP contribution in [0.15, 0.2) is 23.8 Å². The summed E-state index contributed by atoms with van der Waals surface area (Å²) >= 11 is 13.5. The Bertz CT molecular complexity index is 927. The molecule has 0 unspecified atom stereocenters. The normalized spacial score (nSPS) is 47.2. The average molecular weight is 483 g/mol. The molecule has 3 saturated carbocycles. The fourth-order valence-electron chi connectivity index (χ4n) is 7.75. The Morgan fingerprint density at radius 2 is 1.97 bits per heavy atom. The van der Waals surface area contributed by atoms with Gasteiger partial charge in [-0.2, -0.15) is 0 Å². The molecule has 0 aromatic heterocycles. The van der Waals surface area contributed by atoms with Crippen molar-refractivity contribution in [1.29, 1.82) is 0 Å². The van der Waals surface area contributed by atoms with Crippen LogP contribution in [-0.4, -0.2) is 45.1 Å². The van der Waals surface area contributed by atoms with E-state index < -0.39 is 33.4 Å². The number of fused-ring (bicyclic) bond motifs is 5. The van der Waals surface area contributed by atoms with Gasteiger partial charge in [0.15, 0.2) is 17.2 Å². The van der Waals surface area contributed by atoms with E-state index in [1.165, 1.54) is 6.08 Å². The Labute approximate surface area is 199 Å². The van der Waals surface area contributed by atoms with E-state index in [4.69, 9.17) is 27.9 Å². The largest absolute Gasteiger partial charge is 0.450 e. The van der Waals surface area contributed by atoms with E-state index in [9.17, 15) is 19.5 Å². The highest BCUT2D eigenvalue weighted by Crippen LogP contribution is 2.72. The lowest BCUT2D eigenvalue weighted by Crippen LogP contribution is -2.69.